The van der Waals surface area contributed by atoms with Crippen molar-refractivity contribution >= 4 is 0 Å². The van der Waals surface area contributed by atoms with Crippen molar-refractivity contribution in [3.63, 3.8) is 0 Å². The maximum absolute atomic E-state index is 13.2. The van der Waals surface area contributed by atoms with Crippen LogP contribution < -0.4 is 0 Å². The summed E-state index contributed by atoms with van der Waals surface area (Å²) in [6, 6.07) is 0. The van der Waals surface area contributed by atoms with E-state index in [4.69, 9.17) is 0 Å². The highest BCUT2D eigenvalue weighted by molar-refractivity contribution is 4.99. The van der Waals surface area contributed by atoms with Gasteiger partial charge in [0.05, 0.1) is 0 Å². The predicted octanol–water partition coefficient (Wildman–Crippen LogP) is 5.75. The van der Waals surface area contributed by atoms with Gasteiger partial charge >= 0.3 is 30.8 Å². The van der Waals surface area contributed by atoms with Gasteiger partial charge in [0.25, 0.3) is 17.6 Å². The quantitative estimate of drug-likeness (QED) is 0.418. The second-order valence-corrected chi connectivity index (χ2v) is 6.73. The molecule has 2 heterocycles. The molecule has 2 fully saturated rings. The van der Waals surface area contributed by atoms with Gasteiger partial charge in [0.2, 0.25) is 5.79 Å². The van der Waals surface area contributed by atoms with Crippen LogP contribution in [0.4, 0.5) is 61.5 Å². The van der Waals surface area contributed by atoms with Gasteiger partial charge in [-0.15, -0.1) is 22.0 Å². The van der Waals surface area contributed by atoms with Gasteiger partial charge in [-0.1, -0.05) is 0 Å². The molecular formula is C13H12F14O5. The molecule has 0 radical (unpaired) electrons. The van der Waals surface area contributed by atoms with E-state index < -0.39 is 54.1 Å². The molecule has 0 bridgehead atoms. The molecule has 0 spiro atoms. The average Bonchev–Trinajstić information content (AvgIpc) is 2.69. The van der Waals surface area contributed by atoms with Crippen molar-refractivity contribution in [1.82, 2.24) is 0 Å². The molecule has 192 valence electrons. The topological polar surface area (TPSA) is 46.2 Å². The van der Waals surface area contributed by atoms with Gasteiger partial charge in [0, 0.05) is 20.8 Å². The van der Waals surface area contributed by atoms with Crippen LogP contribution in [0.25, 0.3) is 0 Å². The normalized spacial score (nSPS) is 39.6. The number of hydrogen-bond donors (Lipinski definition) is 0. The Kier molecular flexibility index (Phi) is 6.68. The molecular weight excluding hydrogens is 502 g/mol. The first-order valence-electron chi connectivity index (χ1n) is 7.69. The molecule has 4 unspecified atom stereocenters. The minimum Gasteiger partial charge on any atom is -0.293 e. The number of hydrogen-bond acceptors (Lipinski definition) is 5. The highest BCUT2D eigenvalue weighted by atomic mass is 19.4. The first-order chi connectivity index (χ1) is 13.5. The van der Waals surface area contributed by atoms with Crippen LogP contribution in [-0.4, -0.2) is 54.1 Å². The van der Waals surface area contributed by atoms with Crippen LogP contribution in [0.2, 0.25) is 0 Å². The number of rotatable bonds is 1. The molecule has 2 aliphatic rings. The smallest absolute Gasteiger partial charge is 0.293 e. The summed E-state index contributed by atoms with van der Waals surface area (Å²) in [5, 5.41) is 0. The lowest BCUT2D eigenvalue weighted by Gasteiger charge is -2.31. The van der Waals surface area contributed by atoms with Crippen molar-refractivity contribution in [2.45, 2.75) is 81.8 Å². The predicted molar refractivity (Wildman–Crippen MR) is 68.2 cm³/mol. The zero-order valence-corrected chi connectivity index (χ0v) is 15.8. The van der Waals surface area contributed by atoms with Gasteiger partial charge in [-0.25, -0.2) is 13.2 Å². The van der Waals surface area contributed by atoms with E-state index in [1.807, 2.05) is 0 Å². The molecule has 0 aromatic carbocycles. The average molecular weight is 514 g/mol. The molecule has 2 aliphatic heterocycles. The fourth-order valence-corrected chi connectivity index (χ4v) is 2.12. The Labute approximate surface area is 168 Å². The zero-order valence-electron chi connectivity index (χ0n) is 15.8. The maximum atomic E-state index is 13.2. The highest BCUT2D eigenvalue weighted by Gasteiger charge is 2.84. The third kappa shape index (κ3) is 5.31. The van der Waals surface area contributed by atoms with Crippen LogP contribution in [0.15, 0.2) is 0 Å². The molecule has 2 rings (SSSR count). The third-order valence-corrected chi connectivity index (χ3v) is 3.96. The van der Waals surface area contributed by atoms with Crippen molar-refractivity contribution in [3.8, 4) is 0 Å². The van der Waals surface area contributed by atoms with Crippen molar-refractivity contribution < 1.29 is 85.2 Å². The summed E-state index contributed by atoms with van der Waals surface area (Å²) in [6.45, 7) is 0.861. The Hall–Kier alpha value is -1.18. The highest BCUT2D eigenvalue weighted by Crippen LogP contribution is 2.58. The standard InChI is InChI=1S/C7H6F8O2.C6H6F6O3/c1-3(8)4(2,9)17-5(16-3,6(10,11)12)7(13,14)15;1-3(7)4(2,14-5(8,9)10)15-6(11,12)13-3/h1-2H3;1-2H3. The summed E-state index contributed by atoms with van der Waals surface area (Å²) >= 11 is 0. The van der Waals surface area contributed by atoms with Gasteiger partial charge in [-0.3, -0.25) is 23.7 Å². The minimum absolute atomic E-state index is 0.0756. The van der Waals surface area contributed by atoms with E-state index >= 15 is 0 Å². The van der Waals surface area contributed by atoms with E-state index in [2.05, 4.69) is 23.7 Å². The van der Waals surface area contributed by atoms with E-state index in [9.17, 15) is 61.5 Å². The van der Waals surface area contributed by atoms with Crippen LogP contribution in [0.1, 0.15) is 27.7 Å². The lowest BCUT2D eigenvalue weighted by molar-refractivity contribution is -0.458. The Bertz CT molecular complexity index is 663. The molecule has 0 saturated carbocycles. The molecule has 19 heteroatoms. The molecule has 0 amide bonds. The minimum atomic E-state index is -6.18. The van der Waals surface area contributed by atoms with E-state index in [0.29, 0.717) is 13.8 Å². The second kappa shape index (κ2) is 7.41. The fraction of sp³-hybridized carbons (Fsp3) is 1.00. The SMILES string of the molecule is CC1(F)OC(C(F)(F)F)(C(F)(F)F)OC1(C)F.CC1(F)OC(F)(F)OC1(C)OC(F)(F)F. The molecule has 2 saturated heterocycles. The molecule has 32 heavy (non-hydrogen) atoms. The summed E-state index contributed by atoms with van der Waals surface area (Å²) < 4.78 is 190. The van der Waals surface area contributed by atoms with Gasteiger partial charge in [0.1, 0.15) is 0 Å². The largest absolute Gasteiger partial charge is 0.525 e. The number of ether oxygens (including phenoxy) is 5. The molecule has 0 N–H and O–H groups in total. The summed E-state index contributed by atoms with van der Waals surface area (Å²) in [5.74, 6) is -19.8. The van der Waals surface area contributed by atoms with E-state index in [1.165, 1.54) is 0 Å². The van der Waals surface area contributed by atoms with Crippen LogP contribution in [-0.2, 0) is 23.7 Å². The summed E-state index contributed by atoms with van der Waals surface area (Å²) in [6.07, 6.45) is -22.2. The molecule has 4 atom stereocenters. The fourth-order valence-electron chi connectivity index (χ4n) is 2.12. The van der Waals surface area contributed by atoms with Crippen molar-refractivity contribution in [3.05, 3.63) is 0 Å². The van der Waals surface area contributed by atoms with Gasteiger partial charge in [-0.05, 0) is 6.92 Å². The molecule has 0 aliphatic carbocycles. The van der Waals surface area contributed by atoms with Crippen molar-refractivity contribution in [2.75, 3.05) is 0 Å². The lowest BCUT2D eigenvalue weighted by atomic mass is 10.2. The monoisotopic (exact) mass is 514 g/mol. The number of alkyl halides is 14. The first kappa shape index (κ1) is 28.9. The van der Waals surface area contributed by atoms with Gasteiger partial charge in [0.15, 0.2) is 0 Å². The maximum Gasteiger partial charge on any atom is 0.525 e. The zero-order chi connectivity index (χ0) is 26.0. The lowest BCUT2D eigenvalue weighted by Crippen LogP contribution is -2.58. The van der Waals surface area contributed by atoms with Crippen LogP contribution in [0.3, 0.4) is 0 Å². The molecule has 0 aromatic rings. The Morgan fingerprint density at radius 2 is 0.875 bits per heavy atom. The summed E-state index contributed by atoms with van der Waals surface area (Å²) in [4.78, 5) is 0. The van der Waals surface area contributed by atoms with E-state index in [0.717, 1.165) is 0 Å². The van der Waals surface area contributed by atoms with Crippen LogP contribution in [0, 0.1) is 0 Å². The van der Waals surface area contributed by atoms with Crippen molar-refractivity contribution in [2.24, 2.45) is 0 Å². The van der Waals surface area contributed by atoms with Gasteiger partial charge < -0.3 is 0 Å². The number of halogens is 14. The Balaban J connectivity index is 0.000000323. The van der Waals surface area contributed by atoms with E-state index in [1.54, 1.807) is 0 Å². The van der Waals surface area contributed by atoms with Gasteiger partial charge in [-0.2, -0.15) is 26.3 Å². The van der Waals surface area contributed by atoms with E-state index in [-0.39, 0.29) is 13.8 Å². The summed E-state index contributed by atoms with van der Waals surface area (Å²) in [7, 11) is 0. The van der Waals surface area contributed by atoms with Crippen LogP contribution >= 0.6 is 0 Å². The molecule has 0 aromatic heterocycles. The Morgan fingerprint density at radius 3 is 1.06 bits per heavy atom. The summed E-state index contributed by atoms with van der Waals surface area (Å²) in [5.41, 5.74) is 0. The Morgan fingerprint density at radius 1 is 0.531 bits per heavy atom. The first-order valence-corrected chi connectivity index (χ1v) is 7.69. The molecule has 5 nitrogen and oxygen atoms in total. The second-order valence-electron chi connectivity index (χ2n) is 6.73. The third-order valence-electron chi connectivity index (χ3n) is 3.96. The van der Waals surface area contributed by atoms with Crippen molar-refractivity contribution in [1.29, 1.82) is 0 Å². The van der Waals surface area contributed by atoms with Crippen LogP contribution in [0.5, 0.6) is 0 Å².